The van der Waals surface area contributed by atoms with E-state index in [4.69, 9.17) is 23.0 Å². The molecule has 0 bridgehead atoms. The van der Waals surface area contributed by atoms with E-state index in [1.807, 2.05) is 0 Å². The fourth-order valence-electron chi connectivity index (χ4n) is 3.35. The molecule has 0 amide bonds. The third-order valence-electron chi connectivity index (χ3n) is 4.93. The number of rotatable bonds is 6. The number of hydrogen-bond acceptors (Lipinski definition) is 9. The van der Waals surface area contributed by atoms with E-state index < -0.39 is 22.6 Å². The van der Waals surface area contributed by atoms with Crippen molar-refractivity contribution < 1.29 is 32.6 Å². The molecule has 0 atom stereocenters. The minimum absolute atomic E-state index is 0.0623. The fourth-order valence-corrected chi connectivity index (χ4v) is 3.35. The molecule has 2 heterocycles. The molecular formula is C23H16O9. The molecule has 32 heavy (non-hydrogen) atoms. The van der Waals surface area contributed by atoms with Crippen LogP contribution < -0.4 is 25.5 Å². The Balaban J connectivity index is 1.93. The van der Waals surface area contributed by atoms with E-state index in [0.29, 0.717) is 23.2 Å². The Morgan fingerprint density at radius 2 is 1.28 bits per heavy atom. The molecule has 0 saturated carbocycles. The Bertz CT molecular complexity index is 1510. The van der Waals surface area contributed by atoms with Crippen molar-refractivity contribution in [2.45, 2.75) is 0 Å². The number of ketones is 1. The van der Waals surface area contributed by atoms with Crippen LogP contribution in [0.3, 0.4) is 0 Å². The van der Waals surface area contributed by atoms with Gasteiger partial charge in [0, 0.05) is 17.7 Å². The zero-order chi connectivity index (χ0) is 23.0. The standard InChI is InChI=1S/C23H16O9/c1-28-12-6-18(30-3)14-9-16(23(27)32-20(14)7-12)21(25)15-8-13-17(29-2)4-11(10-24)5-19(13)31-22(15)26/h4-10H,1-3H3. The van der Waals surface area contributed by atoms with Gasteiger partial charge in [-0.15, -0.1) is 0 Å². The minimum atomic E-state index is -0.978. The van der Waals surface area contributed by atoms with E-state index in [-0.39, 0.29) is 33.4 Å². The lowest BCUT2D eigenvalue weighted by Crippen LogP contribution is -2.21. The van der Waals surface area contributed by atoms with Gasteiger partial charge in [-0.1, -0.05) is 0 Å². The lowest BCUT2D eigenvalue weighted by molar-refractivity contribution is 0.103. The predicted molar refractivity (Wildman–Crippen MR) is 113 cm³/mol. The van der Waals surface area contributed by atoms with Crippen molar-refractivity contribution >= 4 is 34.0 Å². The zero-order valence-electron chi connectivity index (χ0n) is 17.2. The molecule has 0 aliphatic rings. The van der Waals surface area contributed by atoms with Crippen LogP contribution in [-0.4, -0.2) is 33.4 Å². The maximum absolute atomic E-state index is 13.1. The zero-order valence-corrected chi connectivity index (χ0v) is 17.2. The van der Waals surface area contributed by atoms with Crippen LogP contribution in [-0.2, 0) is 0 Å². The normalized spacial score (nSPS) is 10.8. The molecule has 162 valence electrons. The molecule has 0 N–H and O–H groups in total. The summed E-state index contributed by atoms with van der Waals surface area (Å²) in [5.74, 6) is 0.0386. The first kappa shape index (κ1) is 20.9. The molecule has 4 aromatic rings. The number of fused-ring (bicyclic) bond motifs is 2. The van der Waals surface area contributed by atoms with E-state index in [1.54, 1.807) is 6.07 Å². The Labute approximate surface area is 179 Å². The van der Waals surface area contributed by atoms with Gasteiger partial charge < -0.3 is 23.0 Å². The smallest absolute Gasteiger partial charge is 0.347 e. The van der Waals surface area contributed by atoms with Gasteiger partial charge in [-0.3, -0.25) is 9.59 Å². The Morgan fingerprint density at radius 3 is 1.78 bits per heavy atom. The first-order chi connectivity index (χ1) is 15.4. The van der Waals surface area contributed by atoms with Crippen LogP contribution in [0.5, 0.6) is 17.2 Å². The number of hydrogen-bond donors (Lipinski definition) is 0. The highest BCUT2D eigenvalue weighted by atomic mass is 16.5. The highest BCUT2D eigenvalue weighted by molar-refractivity contribution is 6.11. The number of ether oxygens (including phenoxy) is 3. The van der Waals surface area contributed by atoms with E-state index in [0.717, 1.165) is 0 Å². The SMILES string of the molecule is COc1cc(OC)c2cc(C(=O)c3cc4c(OC)cc(C=O)cc4oc3=O)c(=O)oc2c1. The van der Waals surface area contributed by atoms with Gasteiger partial charge in [-0.2, -0.15) is 0 Å². The maximum Gasteiger partial charge on any atom is 0.347 e. The largest absolute Gasteiger partial charge is 0.496 e. The molecule has 4 rings (SSSR count). The van der Waals surface area contributed by atoms with Crippen LogP contribution in [0.2, 0.25) is 0 Å². The van der Waals surface area contributed by atoms with Crippen LogP contribution in [0.1, 0.15) is 26.3 Å². The Kier molecular flexibility index (Phi) is 5.23. The van der Waals surface area contributed by atoms with Gasteiger partial charge in [-0.25, -0.2) is 9.59 Å². The Hall–Kier alpha value is -4.40. The molecular weight excluding hydrogens is 420 g/mol. The third-order valence-corrected chi connectivity index (χ3v) is 4.93. The lowest BCUT2D eigenvalue weighted by Gasteiger charge is -2.09. The molecule has 9 nitrogen and oxygen atoms in total. The van der Waals surface area contributed by atoms with E-state index in [2.05, 4.69) is 0 Å². The summed E-state index contributed by atoms with van der Waals surface area (Å²) >= 11 is 0. The summed E-state index contributed by atoms with van der Waals surface area (Å²) in [4.78, 5) is 49.3. The first-order valence-corrected chi connectivity index (χ1v) is 9.25. The van der Waals surface area contributed by atoms with E-state index in [9.17, 15) is 19.2 Å². The van der Waals surface area contributed by atoms with Gasteiger partial charge in [-0.05, 0) is 24.3 Å². The van der Waals surface area contributed by atoms with Crippen LogP contribution >= 0.6 is 0 Å². The average Bonchev–Trinajstić information content (AvgIpc) is 2.80. The summed E-state index contributed by atoms with van der Waals surface area (Å²) in [6.07, 6.45) is 0.573. The summed E-state index contributed by atoms with van der Waals surface area (Å²) in [6.45, 7) is 0. The van der Waals surface area contributed by atoms with Crippen molar-refractivity contribution in [2.24, 2.45) is 0 Å². The fraction of sp³-hybridized carbons (Fsp3) is 0.130. The van der Waals surface area contributed by atoms with Gasteiger partial charge in [0.25, 0.3) is 0 Å². The number of carbonyl (C=O) groups excluding carboxylic acids is 2. The second-order valence-corrected chi connectivity index (χ2v) is 6.72. The number of carbonyl (C=O) groups is 2. The van der Waals surface area contributed by atoms with Crippen molar-refractivity contribution in [1.82, 2.24) is 0 Å². The van der Waals surface area contributed by atoms with E-state index in [1.165, 1.54) is 51.7 Å². The molecule has 0 aliphatic heterocycles. The van der Waals surface area contributed by atoms with Crippen molar-refractivity contribution in [2.75, 3.05) is 21.3 Å². The minimum Gasteiger partial charge on any atom is -0.496 e. The van der Waals surface area contributed by atoms with Gasteiger partial charge >= 0.3 is 11.3 Å². The summed E-state index contributed by atoms with van der Waals surface area (Å²) in [5, 5.41) is 0.628. The summed E-state index contributed by atoms with van der Waals surface area (Å²) in [6, 6.07) is 8.38. The van der Waals surface area contributed by atoms with Crippen molar-refractivity contribution in [3.05, 3.63) is 73.9 Å². The van der Waals surface area contributed by atoms with Crippen LogP contribution in [0.4, 0.5) is 0 Å². The number of methoxy groups -OCH3 is 3. The summed E-state index contributed by atoms with van der Waals surface area (Å²) in [5.41, 5.74) is -2.25. The van der Waals surface area contributed by atoms with Crippen molar-refractivity contribution in [1.29, 1.82) is 0 Å². The molecule has 0 radical (unpaired) electrons. The first-order valence-electron chi connectivity index (χ1n) is 9.25. The maximum atomic E-state index is 13.1. The topological polar surface area (TPSA) is 122 Å². The monoisotopic (exact) mass is 436 g/mol. The highest BCUT2D eigenvalue weighted by Crippen LogP contribution is 2.31. The summed E-state index contributed by atoms with van der Waals surface area (Å²) in [7, 11) is 4.23. The Morgan fingerprint density at radius 1 is 0.750 bits per heavy atom. The molecule has 0 saturated heterocycles. The predicted octanol–water partition coefficient (Wildman–Crippen LogP) is 2.97. The molecule has 2 aromatic carbocycles. The van der Waals surface area contributed by atoms with E-state index >= 15 is 0 Å². The molecule has 0 spiro atoms. The van der Waals surface area contributed by atoms with Crippen LogP contribution in [0.25, 0.3) is 21.9 Å². The van der Waals surface area contributed by atoms with Crippen molar-refractivity contribution in [3.63, 3.8) is 0 Å². The van der Waals surface area contributed by atoms with Gasteiger partial charge in [0.05, 0.1) is 32.1 Å². The second kappa shape index (κ2) is 8.03. The molecule has 2 aromatic heterocycles. The molecule has 0 unspecified atom stereocenters. The molecule has 0 aliphatic carbocycles. The number of aldehydes is 1. The van der Waals surface area contributed by atoms with Gasteiger partial charge in [0.15, 0.2) is 0 Å². The second-order valence-electron chi connectivity index (χ2n) is 6.72. The quantitative estimate of drug-likeness (QED) is 0.255. The van der Waals surface area contributed by atoms with Gasteiger partial charge in [0.1, 0.15) is 45.8 Å². The number of benzene rings is 2. The third kappa shape index (κ3) is 3.39. The average molecular weight is 436 g/mol. The summed E-state index contributed by atoms with van der Waals surface area (Å²) < 4.78 is 26.2. The lowest BCUT2D eigenvalue weighted by atomic mass is 10.0. The molecule has 9 heteroatoms. The van der Waals surface area contributed by atoms with Gasteiger partial charge in [0.2, 0.25) is 5.78 Å². The van der Waals surface area contributed by atoms with Crippen LogP contribution in [0.15, 0.2) is 54.8 Å². The van der Waals surface area contributed by atoms with Crippen LogP contribution in [0, 0.1) is 0 Å². The molecule has 0 fully saturated rings. The highest BCUT2D eigenvalue weighted by Gasteiger charge is 2.23. The van der Waals surface area contributed by atoms with Crippen molar-refractivity contribution in [3.8, 4) is 17.2 Å².